The first-order chi connectivity index (χ1) is 23.0. The number of nitrogens with one attached hydrogen (secondary N) is 6. The van der Waals surface area contributed by atoms with Crippen molar-refractivity contribution >= 4 is 41.4 Å². The topological polar surface area (TPSA) is 215 Å². The first-order valence-corrected chi connectivity index (χ1v) is 16.8. The van der Waals surface area contributed by atoms with Gasteiger partial charge in [0.25, 0.3) is 0 Å². The maximum atomic E-state index is 14.0. The summed E-state index contributed by atoms with van der Waals surface area (Å²) in [7, 11) is 0. The van der Waals surface area contributed by atoms with E-state index in [4.69, 9.17) is 0 Å². The first-order valence-electron chi connectivity index (χ1n) is 16.8. The Morgan fingerprint density at radius 1 is 0.875 bits per heavy atom. The summed E-state index contributed by atoms with van der Waals surface area (Å²) in [5.41, 5.74) is 0.762. The Kier molecular flexibility index (Phi) is 12.9. The van der Waals surface area contributed by atoms with Crippen LogP contribution in [0.25, 0.3) is 0 Å². The van der Waals surface area contributed by atoms with Crippen molar-refractivity contribution in [2.45, 2.75) is 114 Å². The Labute approximate surface area is 279 Å². The predicted molar refractivity (Wildman–Crippen MR) is 173 cm³/mol. The van der Waals surface area contributed by atoms with Crippen molar-refractivity contribution in [2.24, 2.45) is 0 Å². The molecule has 262 valence electrons. The first kappa shape index (κ1) is 36.3. The lowest BCUT2D eigenvalue weighted by Crippen LogP contribution is -2.61. The average molecular weight is 670 g/mol. The number of rotatable bonds is 6. The number of hydrogen-bond acceptors (Lipinski definition) is 8. The second kappa shape index (κ2) is 17.0. The number of carbonyl (C=O) groups excluding carboxylic acids is 7. The van der Waals surface area contributed by atoms with Crippen LogP contribution in [-0.2, 0) is 40.0 Å². The van der Waals surface area contributed by atoms with Gasteiger partial charge in [-0.05, 0) is 57.4 Å². The summed E-state index contributed by atoms with van der Waals surface area (Å²) < 4.78 is 0. The molecule has 0 unspecified atom stereocenters. The van der Waals surface area contributed by atoms with Crippen LogP contribution in [0.4, 0.5) is 0 Å². The Balaban J connectivity index is 1.59. The monoisotopic (exact) mass is 669 g/mol. The van der Waals surface area contributed by atoms with Gasteiger partial charge in [-0.2, -0.15) is 0 Å². The normalized spacial score (nSPS) is 28.8. The SMILES string of the molecule is CC[C@@H]1NC(=O)[C@@H](NC(=O)[C@H]2CCC(=O)N2)CCCCNC(=O)[C@@H]2CCCN2C(=O)[C@@H](Cc2ccccc2)NC(=O)[C@H]([C@@H](C)O)NC1=O. The molecule has 0 radical (unpaired) electrons. The van der Waals surface area contributed by atoms with Gasteiger partial charge in [-0.1, -0.05) is 37.3 Å². The van der Waals surface area contributed by atoms with Crippen LogP contribution in [-0.4, -0.2) is 107 Å². The zero-order valence-corrected chi connectivity index (χ0v) is 27.5. The van der Waals surface area contributed by atoms with Crippen molar-refractivity contribution in [3.8, 4) is 0 Å². The van der Waals surface area contributed by atoms with E-state index >= 15 is 0 Å². The number of fused-ring (bicyclic) bond motifs is 1. The van der Waals surface area contributed by atoms with Crippen molar-refractivity contribution in [1.82, 2.24) is 36.8 Å². The highest BCUT2D eigenvalue weighted by atomic mass is 16.3. The summed E-state index contributed by atoms with van der Waals surface area (Å²) in [5, 5.41) is 26.6. The molecule has 7 N–H and O–H groups in total. The van der Waals surface area contributed by atoms with Gasteiger partial charge in [0.2, 0.25) is 41.4 Å². The van der Waals surface area contributed by atoms with E-state index in [2.05, 4.69) is 31.9 Å². The largest absolute Gasteiger partial charge is 0.391 e. The van der Waals surface area contributed by atoms with Crippen LogP contribution in [0.1, 0.15) is 70.8 Å². The lowest BCUT2D eigenvalue weighted by Gasteiger charge is -2.30. The molecule has 1 aromatic carbocycles. The molecule has 3 aliphatic rings. The third-order valence-corrected chi connectivity index (χ3v) is 9.00. The molecule has 0 bridgehead atoms. The second-order valence-electron chi connectivity index (χ2n) is 12.6. The Morgan fingerprint density at radius 2 is 1.60 bits per heavy atom. The molecule has 0 saturated carbocycles. The minimum absolute atomic E-state index is 0.113. The van der Waals surface area contributed by atoms with E-state index in [1.165, 1.54) is 11.8 Å². The fraction of sp³-hybridized carbons (Fsp3) is 0.606. The summed E-state index contributed by atoms with van der Waals surface area (Å²) in [4.78, 5) is 93.7. The van der Waals surface area contributed by atoms with Gasteiger partial charge >= 0.3 is 0 Å². The van der Waals surface area contributed by atoms with E-state index in [-0.39, 0.29) is 44.0 Å². The van der Waals surface area contributed by atoms with E-state index < -0.39 is 71.9 Å². The Morgan fingerprint density at radius 3 is 2.27 bits per heavy atom. The Bertz CT molecular complexity index is 1360. The van der Waals surface area contributed by atoms with Crippen LogP contribution < -0.4 is 31.9 Å². The number of aliphatic hydroxyl groups excluding tert-OH is 1. The van der Waals surface area contributed by atoms with Gasteiger partial charge in [-0.25, -0.2) is 0 Å². The third kappa shape index (κ3) is 9.52. The second-order valence-corrected chi connectivity index (χ2v) is 12.6. The van der Waals surface area contributed by atoms with Crippen molar-refractivity contribution < 1.29 is 38.7 Å². The van der Waals surface area contributed by atoms with Crippen LogP contribution in [0.3, 0.4) is 0 Å². The fourth-order valence-corrected chi connectivity index (χ4v) is 6.25. The molecular formula is C33H47N7O8. The Hall–Kier alpha value is -4.53. The van der Waals surface area contributed by atoms with E-state index in [0.29, 0.717) is 38.6 Å². The maximum Gasteiger partial charge on any atom is 0.246 e. The summed E-state index contributed by atoms with van der Waals surface area (Å²) in [6.45, 7) is 3.56. The molecule has 3 fully saturated rings. The average Bonchev–Trinajstić information content (AvgIpc) is 3.74. The van der Waals surface area contributed by atoms with Crippen LogP contribution in [0.5, 0.6) is 0 Å². The molecule has 7 amide bonds. The summed E-state index contributed by atoms with van der Waals surface area (Å²) in [5.74, 6) is -3.74. The highest BCUT2D eigenvalue weighted by Gasteiger charge is 2.39. The van der Waals surface area contributed by atoms with Gasteiger partial charge in [-0.3, -0.25) is 33.6 Å². The summed E-state index contributed by atoms with van der Waals surface area (Å²) in [6, 6.07) is 2.79. The molecule has 4 rings (SSSR count). The van der Waals surface area contributed by atoms with Gasteiger partial charge in [-0.15, -0.1) is 0 Å². The van der Waals surface area contributed by atoms with Crippen LogP contribution in [0.2, 0.25) is 0 Å². The predicted octanol–water partition coefficient (Wildman–Crippen LogP) is -1.47. The van der Waals surface area contributed by atoms with Gasteiger partial charge in [0, 0.05) is 25.9 Å². The molecule has 3 heterocycles. The fourth-order valence-electron chi connectivity index (χ4n) is 6.25. The highest BCUT2D eigenvalue weighted by Crippen LogP contribution is 2.20. The lowest BCUT2D eigenvalue weighted by atomic mass is 10.0. The molecule has 7 atom stereocenters. The van der Waals surface area contributed by atoms with Crippen molar-refractivity contribution in [2.75, 3.05) is 13.1 Å². The number of nitrogens with zero attached hydrogens (tertiary/aromatic N) is 1. The minimum atomic E-state index is -1.48. The smallest absolute Gasteiger partial charge is 0.246 e. The molecule has 0 aliphatic carbocycles. The van der Waals surface area contributed by atoms with E-state index in [9.17, 15) is 38.7 Å². The van der Waals surface area contributed by atoms with E-state index in [1.54, 1.807) is 19.1 Å². The molecule has 15 heteroatoms. The third-order valence-electron chi connectivity index (χ3n) is 9.00. The quantitative estimate of drug-likeness (QED) is 0.189. The van der Waals surface area contributed by atoms with E-state index in [1.807, 2.05) is 18.2 Å². The number of amides is 7. The molecule has 48 heavy (non-hydrogen) atoms. The van der Waals surface area contributed by atoms with Crippen LogP contribution in [0, 0.1) is 0 Å². The standard InChI is InChI=1S/C33H47N7O8/c1-3-21-28(43)39-27(19(2)41)32(47)38-24(18-20-10-5-4-6-11-20)33(48)40-17-9-13-25(40)31(46)34-16-8-7-12-22(29(44)36-21)37-30(45)23-14-15-26(42)35-23/h4-6,10-11,19,21-25,27,41H,3,7-9,12-18H2,1-2H3,(H,34,46)(H,35,42)(H,36,44)(H,37,45)(H,38,47)(H,39,43)/t19-,21+,22+,23-,24-,25+,27+/m1/s1. The van der Waals surface area contributed by atoms with Gasteiger partial charge in [0.05, 0.1) is 6.10 Å². The lowest BCUT2D eigenvalue weighted by molar-refractivity contribution is -0.142. The molecular weight excluding hydrogens is 622 g/mol. The molecule has 3 saturated heterocycles. The highest BCUT2D eigenvalue weighted by molar-refractivity contribution is 5.97. The van der Waals surface area contributed by atoms with E-state index in [0.717, 1.165) is 5.56 Å². The zero-order chi connectivity index (χ0) is 34.8. The zero-order valence-electron chi connectivity index (χ0n) is 27.5. The van der Waals surface area contributed by atoms with Crippen molar-refractivity contribution in [1.29, 1.82) is 0 Å². The number of carbonyl (C=O) groups is 7. The number of aliphatic hydroxyl groups is 1. The number of hydrogen-bond donors (Lipinski definition) is 7. The summed E-state index contributed by atoms with van der Waals surface area (Å²) in [6.07, 6.45) is 1.47. The molecule has 0 aromatic heterocycles. The summed E-state index contributed by atoms with van der Waals surface area (Å²) >= 11 is 0. The minimum Gasteiger partial charge on any atom is -0.391 e. The van der Waals surface area contributed by atoms with Crippen molar-refractivity contribution in [3.63, 3.8) is 0 Å². The van der Waals surface area contributed by atoms with Crippen LogP contribution in [0.15, 0.2) is 30.3 Å². The van der Waals surface area contributed by atoms with Gasteiger partial charge in [0.1, 0.15) is 36.3 Å². The number of benzene rings is 1. The molecule has 3 aliphatic heterocycles. The molecule has 1 aromatic rings. The molecule has 0 spiro atoms. The van der Waals surface area contributed by atoms with Crippen molar-refractivity contribution in [3.05, 3.63) is 35.9 Å². The van der Waals surface area contributed by atoms with Gasteiger partial charge in [0.15, 0.2) is 0 Å². The van der Waals surface area contributed by atoms with Crippen LogP contribution >= 0.6 is 0 Å². The molecule has 15 nitrogen and oxygen atoms in total. The van der Waals surface area contributed by atoms with Gasteiger partial charge < -0.3 is 41.9 Å². The maximum absolute atomic E-state index is 14.0.